The molecule has 5 rings (SSSR count). The van der Waals surface area contributed by atoms with Crippen molar-refractivity contribution in [3.63, 3.8) is 0 Å². The van der Waals surface area contributed by atoms with Crippen LogP contribution in [0.4, 0.5) is 19.3 Å². The van der Waals surface area contributed by atoms with E-state index in [1.54, 1.807) is 0 Å². The first-order chi connectivity index (χ1) is 17.8. The molecule has 0 saturated carbocycles. The molecule has 37 heavy (non-hydrogen) atoms. The summed E-state index contributed by atoms with van der Waals surface area (Å²) in [7, 11) is 1.50. The van der Waals surface area contributed by atoms with Crippen molar-refractivity contribution >= 4 is 29.3 Å². The summed E-state index contributed by atoms with van der Waals surface area (Å²) in [6.07, 6.45) is 3.99. The fourth-order valence-corrected chi connectivity index (χ4v) is 4.90. The molecule has 1 aliphatic carbocycles. The maximum atomic E-state index is 15.0. The van der Waals surface area contributed by atoms with Gasteiger partial charge in [-0.05, 0) is 68.0 Å². The number of halogens is 3. The Labute approximate surface area is 216 Å². The van der Waals surface area contributed by atoms with Gasteiger partial charge >= 0.3 is 12.1 Å². The van der Waals surface area contributed by atoms with E-state index in [-0.39, 0.29) is 28.4 Å². The van der Waals surface area contributed by atoms with Crippen molar-refractivity contribution < 1.29 is 27.8 Å². The largest absolute Gasteiger partial charge is 0.417 e. The molecule has 0 bridgehead atoms. The second-order valence-corrected chi connectivity index (χ2v) is 9.34. The zero-order valence-corrected chi connectivity index (χ0v) is 20.7. The lowest BCUT2D eigenvalue weighted by molar-refractivity contribution is -0.0400. The van der Waals surface area contributed by atoms with E-state index in [9.17, 15) is 18.4 Å². The van der Waals surface area contributed by atoms with Gasteiger partial charge in [0, 0.05) is 30.5 Å². The third kappa shape index (κ3) is 5.14. The molecule has 2 atom stereocenters. The molecule has 2 amide bonds. The van der Waals surface area contributed by atoms with Crippen molar-refractivity contribution in [1.29, 1.82) is 0 Å². The zero-order valence-electron chi connectivity index (χ0n) is 19.9. The first-order valence-electron chi connectivity index (χ1n) is 11.9. The molecule has 3 aromatic rings. The van der Waals surface area contributed by atoms with Gasteiger partial charge in [0.25, 0.3) is 5.91 Å². The number of hydrogen-bond donors (Lipinski definition) is 1. The van der Waals surface area contributed by atoms with Gasteiger partial charge in [-0.15, -0.1) is 5.10 Å². The summed E-state index contributed by atoms with van der Waals surface area (Å²) < 4.78 is 40.9. The predicted octanol–water partition coefficient (Wildman–Crippen LogP) is 5.28. The van der Waals surface area contributed by atoms with Crippen LogP contribution in [0.3, 0.4) is 0 Å². The number of carbonyl (C=O) groups excluding carboxylic acids is 2. The molecule has 0 radical (unpaired) electrons. The highest BCUT2D eigenvalue weighted by molar-refractivity contribution is 6.31. The van der Waals surface area contributed by atoms with Crippen LogP contribution in [-0.4, -0.2) is 45.3 Å². The normalized spacial score (nSPS) is 18.8. The quantitative estimate of drug-likeness (QED) is 0.481. The zero-order chi connectivity index (χ0) is 26.1. The van der Waals surface area contributed by atoms with E-state index >= 15 is 0 Å². The minimum absolute atomic E-state index is 0.129. The van der Waals surface area contributed by atoms with E-state index in [4.69, 9.17) is 21.1 Å². The molecular formula is C25H24ClF2N5O4. The summed E-state index contributed by atoms with van der Waals surface area (Å²) in [4.78, 5) is 31.1. The molecular weight excluding hydrogens is 508 g/mol. The molecule has 9 nitrogen and oxygen atoms in total. The highest BCUT2D eigenvalue weighted by atomic mass is 35.5. The molecule has 2 aliphatic rings. The van der Waals surface area contributed by atoms with Gasteiger partial charge in [-0.25, -0.2) is 18.3 Å². The van der Waals surface area contributed by atoms with Crippen molar-refractivity contribution in [2.24, 2.45) is 0 Å². The van der Waals surface area contributed by atoms with Gasteiger partial charge < -0.3 is 19.7 Å². The molecule has 194 valence electrons. The van der Waals surface area contributed by atoms with Crippen molar-refractivity contribution in [3.05, 3.63) is 70.0 Å². The molecule has 0 spiro atoms. The van der Waals surface area contributed by atoms with Crippen LogP contribution in [-0.2, 0) is 11.2 Å². The molecule has 1 N–H and O–H groups in total. The first kappa shape index (κ1) is 25.1. The van der Waals surface area contributed by atoms with Crippen LogP contribution in [0.1, 0.15) is 59.4 Å². The SMILES string of the molecule is CN(C(=O)Oc1ncn(C2CCCCO2)n1)[C@H]1CCc2c(C(=O)Nc3ccc(F)c(Cl)c3)ccc(F)c21. The number of anilines is 1. The minimum atomic E-state index is -0.754. The lowest BCUT2D eigenvalue weighted by Gasteiger charge is -2.24. The Hall–Kier alpha value is -3.57. The Balaban J connectivity index is 1.30. The van der Waals surface area contributed by atoms with E-state index in [1.807, 2.05) is 0 Å². The van der Waals surface area contributed by atoms with Crippen LogP contribution < -0.4 is 10.1 Å². The van der Waals surface area contributed by atoms with E-state index in [0.29, 0.717) is 30.7 Å². The highest BCUT2D eigenvalue weighted by Gasteiger charge is 2.35. The monoisotopic (exact) mass is 531 g/mol. The number of amides is 2. The lowest BCUT2D eigenvalue weighted by atomic mass is 10.0. The smallest absolute Gasteiger partial charge is 0.373 e. The summed E-state index contributed by atoms with van der Waals surface area (Å²) in [5.74, 6) is -1.63. The van der Waals surface area contributed by atoms with E-state index in [0.717, 1.165) is 25.3 Å². The molecule has 1 saturated heterocycles. The fourth-order valence-electron chi connectivity index (χ4n) is 4.72. The van der Waals surface area contributed by atoms with Crippen molar-refractivity contribution in [2.75, 3.05) is 19.0 Å². The number of nitrogens with one attached hydrogen (secondary N) is 1. The first-order valence-corrected chi connectivity index (χ1v) is 12.2. The maximum Gasteiger partial charge on any atom is 0.417 e. The van der Waals surface area contributed by atoms with Gasteiger partial charge in [0.1, 0.15) is 18.0 Å². The summed E-state index contributed by atoms with van der Waals surface area (Å²) >= 11 is 5.80. The third-order valence-corrected chi connectivity index (χ3v) is 6.89. The number of ether oxygens (including phenoxy) is 2. The summed E-state index contributed by atoms with van der Waals surface area (Å²) in [5, 5.41) is 6.71. The second-order valence-electron chi connectivity index (χ2n) is 8.93. The molecule has 2 heterocycles. The fraction of sp³-hybridized carbons (Fsp3) is 0.360. The minimum Gasteiger partial charge on any atom is -0.373 e. The standard InChI is InChI=1S/C25H24ClF2N5O4/c1-32(25(35)37-24-29-13-33(31-24)21-4-2-3-11-36-21)20-10-7-15-16(6-9-19(28)22(15)20)23(34)30-14-5-8-18(27)17(26)12-14/h5-6,8-9,12-13,20-21H,2-4,7,10-11H2,1H3,(H,30,34)/t20-,21?/m0/s1. The van der Waals surface area contributed by atoms with Crippen LogP contribution in [0.25, 0.3) is 0 Å². The number of nitrogens with zero attached hydrogens (tertiary/aromatic N) is 4. The van der Waals surface area contributed by atoms with Gasteiger partial charge in [-0.2, -0.15) is 4.98 Å². The average Bonchev–Trinajstić information content (AvgIpc) is 3.55. The molecule has 1 aromatic heterocycles. The number of carbonyl (C=O) groups is 2. The Morgan fingerprint density at radius 3 is 2.76 bits per heavy atom. The van der Waals surface area contributed by atoms with Gasteiger partial charge in [0.15, 0.2) is 6.23 Å². The topological polar surface area (TPSA) is 98.6 Å². The molecule has 1 unspecified atom stereocenters. The molecule has 2 aromatic carbocycles. The van der Waals surface area contributed by atoms with E-state index in [1.165, 1.54) is 47.2 Å². The van der Waals surface area contributed by atoms with Crippen LogP contribution in [0.5, 0.6) is 6.01 Å². The lowest BCUT2D eigenvalue weighted by Crippen LogP contribution is -2.33. The highest BCUT2D eigenvalue weighted by Crippen LogP contribution is 2.39. The molecule has 1 aliphatic heterocycles. The summed E-state index contributed by atoms with van der Waals surface area (Å²) in [6, 6.07) is 5.61. The van der Waals surface area contributed by atoms with Crippen LogP contribution in [0.2, 0.25) is 5.02 Å². The molecule has 12 heteroatoms. The number of fused-ring (bicyclic) bond motifs is 1. The average molecular weight is 532 g/mol. The van der Waals surface area contributed by atoms with Gasteiger partial charge in [0.2, 0.25) is 0 Å². The third-order valence-electron chi connectivity index (χ3n) is 6.60. The summed E-state index contributed by atoms with van der Waals surface area (Å²) in [5.41, 5.74) is 1.30. The Morgan fingerprint density at radius 1 is 1.19 bits per heavy atom. The van der Waals surface area contributed by atoms with Gasteiger partial charge in [-0.1, -0.05) is 11.6 Å². The van der Waals surface area contributed by atoms with Crippen LogP contribution in [0, 0.1) is 11.6 Å². The Morgan fingerprint density at radius 2 is 2.00 bits per heavy atom. The number of hydrogen-bond acceptors (Lipinski definition) is 6. The predicted molar refractivity (Wildman–Crippen MR) is 129 cm³/mol. The summed E-state index contributed by atoms with van der Waals surface area (Å²) in [6.45, 7) is 0.632. The van der Waals surface area contributed by atoms with E-state index < -0.39 is 29.7 Å². The van der Waals surface area contributed by atoms with Crippen LogP contribution >= 0.6 is 11.6 Å². The second kappa shape index (κ2) is 10.4. The molecule has 1 fully saturated rings. The van der Waals surface area contributed by atoms with Gasteiger partial charge in [0.05, 0.1) is 11.1 Å². The Kier molecular flexibility index (Phi) is 7.07. The van der Waals surface area contributed by atoms with Crippen molar-refractivity contribution in [1.82, 2.24) is 19.7 Å². The van der Waals surface area contributed by atoms with E-state index in [2.05, 4.69) is 15.4 Å². The number of aromatic nitrogens is 3. The van der Waals surface area contributed by atoms with Crippen molar-refractivity contribution in [3.8, 4) is 6.01 Å². The number of rotatable bonds is 5. The maximum absolute atomic E-state index is 15.0. The Bertz CT molecular complexity index is 1340. The van der Waals surface area contributed by atoms with Gasteiger partial charge in [-0.3, -0.25) is 4.79 Å². The number of benzene rings is 2. The van der Waals surface area contributed by atoms with Crippen molar-refractivity contribution in [2.45, 2.75) is 44.4 Å². The van der Waals surface area contributed by atoms with Crippen LogP contribution in [0.15, 0.2) is 36.7 Å².